The van der Waals surface area contributed by atoms with E-state index in [1.165, 1.54) is 51.9 Å². The summed E-state index contributed by atoms with van der Waals surface area (Å²) >= 11 is 0. The predicted octanol–water partition coefficient (Wildman–Crippen LogP) is 5.21. The summed E-state index contributed by atoms with van der Waals surface area (Å²) < 4.78 is 32.2. The minimum atomic E-state index is -4.70. The molecule has 0 spiro atoms. The summed E-state index contributed by atoms with van der Waals surface area (Å²) in [6.07, 6.45) is 13.0. The number of hydrogen-bond acceptors (Lipinski definition) is 4. The third kappa shape index (κ3) is 12.0. The van der Waals surface area contributed by atoms with E-state index in [4.69, 9.17) is 0 Å². The maximum Gasteiger partial charge on any atom is 0.333 e. The summed E-state index contributed by atoms with van der Waals surface area (Å²) in [6.45, 7) is 3.60. The number of aliphatic carboxylic acids is 2. The van der Waals surface area contributed by atoms with Crippen molar-refractivity contribution in [3.63, 3.8) is 0 Å². The van der Waals surface area contributed by atoms with Gasteiger partial charge in [0.25, 0.3) is 10.1 Å². The Morgan fingerprint density at radius 1 is 0.724 bits per heavy atom. The van der Waals surface area contributed by atoms with Crippen molar-refractivity contribution in [1.82, 2.24) is 0 Å². The molecule has 1 atom stereocenters. The molecular weight excluding hydrogens is 396 g/mol. The van der Waals surface area contributed by atoms with Crippen LogP contribution in [0, 0.1) is 0 Å². The third-order valence-electron chi connectivity index (χ3n) is 5.15. The first-order valence-electron chi connectivity index (χ1n) is 10.8. The molecule has 1 unspecified atom stereocenters. The van der Waals surface area contributed by atoms with Crippen LogP contribution in [0.5, 0.6) is 0 Å². The zero-order chi connectivity index (χ0) is 22.3. The second kappa shape index (κ2) is 15.4. The normalized spacial score (nSPS) is 13.8. The van der Waals surface area contributed by atoms with Gasteiger partial charge in [-0.15, -0.1) is 0 Å². The van der Waals surface area contributed by atoms with Crippen LogP contribution < -0.4 is 0 Å². The first-order chi connectivity index (χ1) is 13.7. The molecule has 170 valence electrons. The van der Waals surface area contributed by atoms with Crippen molar-refractivity contribution in [1.29, 1.82) is 0 Å². The molecule has 3 N–H and O–H groups in total. The van der Waals surface area contributed by atoms with Crippen LogP contribution in [0.4, 0.5) is 0 Å². The van der Waals surface area contributed by atoms with Crippen molar-refractivity contribution < 1.29 is 32.8 Å². The number of rotatable bonds is 18. The van der Waals surface area contributed by atoms with E-state index in [1.54, 1.807) is 0 Å². The molecule has 0 bridgehead atoms. The van der Waals surface area contributed by atoms with Gasteiger partial charge in [-0.1, -0.05) is 84.5 Å². The summed E-state index contributed by atoms with van der Waals surface area (Å²) in [4.78, 5) is 23.0. The van der Waals surface area contributed by atoms with E-state index in [9.17, 15) is 32.8 Å². The lowest BCUT2D eigenvalue weighted by Gasteiger charge is -2.16. The minimum Gasteiger partial charge on any atom is -0.478 e. The number of carbonyl (C=O) groups is 2. The van der Waals surface area contributed by atoms with E-state index in [-0.39, 0.29) is 12.8 Å². The highest BCUT2D eigenvalue weighted by Crippen LogP contribution is 2.24. The third-order valence-corrected chi connectivity index (χ3v) is 6.43. The average molecular weight is 435 g/mol. The fourth-order valence-electron chi connectivity index (χ4n) is 3.52. The smallest absolute Gasteiger partial charge is 0.333 e. The first-order valence-corrected chi connectivity index (χ1v) is 12.3. The van der Waals surface area contributed by atoms with E-state index >= 15 is 0 Å². The van der Waals surface area contributed by atoms with Gasteiger partial charge < -0.3 is 10.2 Å². The Hall–Kier alpha value is -1.41. The van der Waals surface area contributed by atoms with Crippen LogP contribution in [0.2, 0.25) is 0 Å². The van der Waals surface area contributed by atoms with Crippen LogP contribution in [0.1, 0.15) is 104 Å². The maximum absolute atomic E-state index is 11.5. The fraction of sp³-hybridized carbons (Fsp3) is 0.810. The molecule has 0 aliphatic rings. The van der Waals surface area contributed by atoms with Gasteiger partial charge in [0.05, 0.1) is 5.57 Å². The zero-order valence-corrected chi connectivity index (χ0v) is 18.7. The molecule has 8 heteroatoms. The molecule has 0 amide bonds. The van der Waals surface area contributed by atoms with Crippen molar-refractivity contribution in [3.05, 3.63) is 11.1 Å². The summed E-state index contributed by atoms with van der Waals surface area (Å²) in [5.41, 5.74) is -1.17. The first kappa shape index (κ1) is 27.6. The fourth-order valence-corrected chi connectivity index (χ4v) is 4.49. The standard InChI is InChI=1S/C21H38O7S/c1-3-5-6-7-8-9-10-11-12-13-14-15-16-17(20(22)23)19(21(24)25)18(4-2)29(26,27)28/h18H,3-16H2,1-2H3,(H,22,23)(H,24,25)(H,26,27,28)/b19-17-. The van der Waals surface area contributed by atoms with Crippen molar-refractivity contribution >= 4 is 22.1 Å². The highest BCUT2D eigenvalue weighted by Gasteiger charge is 2.34. The van der Waals surface area contributed by atoms with Crippen LogP contribution in [0.15, 0.2) is 11.1 Å². The van der Waals surface area contributed by atoms with Gasteiger partial charge in [-0.25, -0.2) is 9.59 Å². The van der Waals surface area contributed by atoms with Crippen LogP contribution in [-0.4, -0.2) is 40.4 Å². The van der Waals surface area contributed by atoms with E-state index in [0.29, 0.717) is 6.42 Å². The summed E-state index contributed by atoms with van der Waals surface area (Å²) in [7, 11) is -4.70. The van der Waals surface area contributed by atoms with Crippen molar-refractivity contribution in [2.75, 3.05) is 0 Å². The largest absolute Gasteiger partial charge is 0.478 e. The molecule has 0 heterocycles. The quantitative estimate of drug-likeness (QED) is 0.153. The van der Waals surface area contributed by atoms with Gasteiger partial charge >= 0.3 is 11.9 Å². The van der Waals surface area contributed by atoms with Crippen LogP contribution in [0.25, 0.3) is 0 Å². The molecule has 0 aromatic carbocycles. The Morgan fingerprint density at radius 3 is 1.45 bits per heavy atom. The lowest BCUT2D eigenvalue weighted by Crippen LogP contribution is -2.29. The predicted molar refractivity (Wildman–Crippen MR) is 114 cm³/mol. The highest BCUT2D eigenvalue weighted by molar-refractivity contribution is 7.86. The molecule has 0 saturated heterocycles. The van der Waals surface area contributed by atoms with E-state index in [1.807, 2.05) is 0 Å². The number of carboxylic acid groups (broad SMARTS) is 2. The molecular formula is C21H38O7S. The Labute approximate surface area is 175 Å². The molecule has 0 saturated carbocycles. The van der Waals surface area contributed by atoms with Gasteiger partial charge in [-0.3, -0.25) is 4.55 Å². The lowest BCUT2D eigenvalue weighted by molar-refractivity contribution is -0.136. The molecule has 0 radical (unpaired) electrons. The van der Waals surface area contributed by atoms with Crippen LogP contribution >= 0.6 is 0 Å². The molecule has 0 aliphatic heterocycles. The second-order valence-corrected chi connectivity index (χ2v) is 9.15. The molecule has 7 nitrogen and oxygen atoms in total. The lowest BCUT2D eigenvalue weighted by atomic mass is 9.97. The Kier molecular flexibility index (Phi) is 14.7. The van der Waals surface area contributed by atoms with Crippen LogP contribution in [0.3, 0.4) is 0 Å². The summed E-state index contributed by atoms with van der Waals surface area (Å²) in [5, 5.41) is 17.0. The van der Waals surface area contributed by atoms with Gasteiger partial charge in [0.1, 0.15) is 5.25 Å². The SMILES string of the molecule is CCCCCCCCCCCCCC/C(C(=O)O)=C(/C(=O)O)C(CC)S(=O)(=O)O. The number of unbranched alkanes of at least 4 members (excludes halogenated alkanes) is 11. The van der Waals surface area contributed by atoms with Gasteiger partial charge in [-0.05, 0) is 19.3 Å². The molecule has 0 aromatic rings. The summed E-state index contributed by atoms with van der Waals surface area (Å²) in [5.74, 6) is -3.07. The van der Waals surface area contributed by atoms with E-state index < -0.39 is 38.5 Å². The topological polar surface area (TPSA) is 129 Å². The Balaban J connectivity index is 4.48. The molecule has 29 heavy (non-hydrogen) atoms. The van der Waals surface area contributed by atoms with Crippen LogP contribution in [-0.2, 0) is 19.7 Å². The van der Waals surface area contributed by atoms with Crippen molar-refractivity contribution in [3.8, 4) is 0 Å². The number of carboxylic acids is 2. The monoisotopic (exact) mass is 434 g/mol. The minimum absolute atomic E-state index is 0.0274. The molecule has 0 rings (SSSR count). The van der Waals surface area contributed by atoms with Gasteiger partial charge in [0.2, 0.25) is 0 Å². The van der Waals surface area contributed by atoms with Crippen molar-refractivity contribution in [2.45, 2.75) is 109 Å². The average Bonchev–Trinajstić information content (AvgIpc) is 2.62. The molecule has 0 aromatic heterocycles. The van der Waals surface area contributed by atoms with Crippen molar-refractivity contribution in [2.24, 2.45) is 0 Å². The Morgan fingerprint density at radius 2 is 1.14 bits per heavy atom. The van der Waals surface area contributed by atoms with Gasteiger partial charge in [0, 0.05) is 5.57 Å². The van der Waals surface area contributed by atoms with Gasteiger partial charge in [0.15, 0.2) is 0 Å². The van der Waals surface area contributed by atoms with Gasteiger partial charge in [-0.2, -0.15) is 8.42 Å². The summed E-state index contributed by atoms with van der Waals surface area (Å²) in [6, 6.07) is 0. The zero-order valence-electron chi connectivity index (χ0n) is 17.9. The maximum atomic E-state index is 11.5. The molecule has 0 fully saturated rings. The highest BCUT2D eigenvalue weighted by atomic mass is 32.2. The number of hydrogen-bond donors (Lipinski definition) is 3. The molecule has 0 aliphatic carbocycles. The second-order valence-electron chi connectivity index (χ2n) is 7.55. The Bertz CT molecular complexity index is 623. The van der Waals surface area contributed by atoms with E-state index in [2.05, 4.69) is 6.92 Å². The van der Waals surface area contributed by atoms with E-state index in [0.717, 1.165) is 25.7 Å².